The van der Waals surface area contributed by atoms with Crippen LogP contribution in [-0.4, -0.2) is 23.8 Å². The number of ether oxygens (including phenoxy) is 2. The lowest BCUT2D eigenvalue weighted by atomic mass is 9.90. The summed E-state index contributed by atoms with van der Waals surface area (Å²) in [7, 11) is 0. The molecule has 1 N–H and O–H groups in total. The highest BCUT2D eigenvalue weighted by atomic mass is 19.2. The predicted octanol–water partition coefficient (Wildman–Crippen LogP) is 7.11. The number of benzene rings is 3. The molecule has 2 aliphatic rings. The first kappa shape index (κ1) is 27.0. The summed E-state index contributed by atoms with van der Waals surface area (Å²) >= 11 is 0. The fourth-order valence-corrected chi connectivity index (χ4v) is 4.68. The third-order valence-corrected chi connectivity index (χ3v) is 6.93. The smallest absolute Gasteiger partial charge is 0.341 e. The topological polar surface area (TPSA) is 59.1 Å². The highest BCUT2D eigenvalue weighted by Gasteiger charge is 2.32. The van der Waals surface area contributed by atoms with E-state index in [1.807, 2.05) is 0 Å². The van der Waals surface area contributed by atoms with Gasteiger partial charge in [-0.1, -0.05) is 36.4 Å². The number of aliphatic hydroxyl groups is 1. The number of hydrogen-bond acceptors (Lipinski definition) is 4. The van der Waals surface area contributed by atoms with E-state index in [4.69, 9.17) is 9.47 Å². The van der Waals surface area contributed by atoms with E-state index in [0.29, 0.717) is 5.57 Å². The molecule has 1 saturated heterocycles. The van der Waals surface area contributed by atoms with Crippen LogP contribution in [0.2, 0.25) is 0 Å². The number of rotatable bonds is 6. The molecule has 0 amide bonds. The number of halogens is 6. The normalized spacial score (nSPS) is 19.4. The first-order valence-electron chi connectivity index (χ1n) is 12.2. The van der Waals surface area contributed by atoms with E-state index >= 15 is 0 Å². The van der Waals surface area contributed by atoms with E-state index in [1.54, 1.807) is 6.08 Å². The molecule has 3 aromatic carbocycles. The zero-order valence-corrected chi connectivity index (χ0v) is 20.5. The largest absolute Gasteiger partial charge is 0.458 e. The number of hydrogen-bond donors (Lipinski definition) is 1. The summed E-state index contributed by atoms with van der Waals surface area (Å²) in [5, 5.41) is 9.55. The van der Waals surface area contributed by atoms with Gasteiger partial charge in [-0.2, -0.15) is 0 Å². The van der Waals surface area contributed by atoms with Crippen molar-refractivity contribution in [1.29, 1.82) is 0 Å². The van der Waals surface area contributed by atoms with E-state index in [0.717, 1.165) is 18.2 Å². The highest BCUT2D eigenvalue weighted by molar-refractivity contribution is 5.90. The van der Waals surface area contributed by atoms with Gasteiger partial charge in [-0.25, -0.2) is 31.1 Å². The molecule has 0 bridgehead atoms. The molecule has 0 spiro atoms. The summed E-state index contributed by atoms with van der Waals surface area (Å²) < 4.78 is 97.7. The molecule has 3 unspecified atom stereocenters. The SMILES string of the molecule is CC(O)c1ccc(C2=CCC(OC(=O)c3ccc(-c4ccc(C5CO5)c(F)c4F)c(F)c3F)CC2)c(F)c1F. The van der Waals surface area contributed by atoms with Crippen LogP contribution in [0.25, 0.3) is 16.7 Å². The molecule has 3 atom stereocenters. The molecule has 1 aliphatic heterocycles. The average Bonchev–Trinajstić information content (AvgIpc) is 3.75. The zero-order valence-electron chi connectivity index (χ0n) is 20.5. The fourth-order valence-electron chi connectivity index (χ4n) is 4.68. The molecule has 39 heavy (non-hydrogen) atoms. The third kappa shape index (κ3) is 5.06. The van der Waals surface area contributed by atoms with Crippen molar-refractivity contribution in [1.82, 2.24) is 0 Å². The van der Waals surface area contributed by atoms with E-state index in [-0.39, 0.29) is 42.6 Å². The Balaban J connectivity index is 1.31. The molecular weight excluding hydrogens is 526 g/mol. The van der Waals surface area contributed by atoms with Gasteiger partial charge in [0, 0.05) is 34.2 Å². The van der Waals surface area contributed by atoms with Crippen molar-refractivity contribution < 1.29 is 45.7 Å². The van der Waals surface area contributed by atoms with Crippen LogP contribution < -0.4 is 0 Å². The van der Waals surface area contributed by atoms with Gasteiger partial charge in [-0.3, -0.25) is 0 Å². The molecule has 1 fully saturated rings. The summed E-state index contributed by atoms with van der Waals surface area (Å²) in [4.78, 5) is 12.6. The van der Waals surface area contributed by atoms with Crippen molar-refractivity contribution in [2.75, 3.05) is 6.61 Å². The summed E-state index contributed by atoms with van der Waals surface area (Å²) in [6.45, 7) is 1.55. The monoisotopic (exact) mass is 548 g/mol. The Morgan fingerprint density at radius 3 is 2.10 bits per heavy atom. The molecule has 0 radical (unpaired) electrons. The van der Waals surface area contributed by atoms with E-state index < -0.39 is 75.9 Å². The maximum absolute atomic E-state index is 14.9. The van der Waals surface area contributed by atoms with Crippen molar-refractivity contribution in [2.45, 2.75) is 44.5 Å². The quantitative estimate of drug-likeness (QED) is 0.203. The Morgan fingerprint density at radius 1 is 0.872 bits per heavy atom. The standard InChI is InChI=1S/C29H22F6O4/c1-13(36)16-6-7-17(24(31)23(16)30)14-2-4-15(5-3-14)39-29(37)21-11-9-19(26(33)28(21)35)18-8-10-20(22-12-38-22)27(34)25(18)32/h2,6-11,13,15,22,36H,3-5,12H2,1H3. The minimum absolute atomic E-state index is 0.0201. The number of aliphatic hydroxyl groups excluding tert-OH is 1. The lowest BCUT2D eigenvalue weighted by molar-refractivity contribution is 0.0279. The minimum Gasteiger partial charge on any atom is -0.458 e. The Morgan fingerprint density at radius 2 is 1.49 bits per heavy atom. The van der Waals surface area contributed by atoms with Gasteiger partial charge in [0.1, 0.15) is 12.2 Å². The van der Waals surface area contributed by atoms with Gasteiger partial charge in [-0.15, -0.1) is 0 Å². The maximum atomic E-state index is 14.9. The van der Waals surface area contributed by atoms with Gasteiger partial charge >= 0.3 is 5.97 Å². The summed E-state index contributed by atoms with van der Waals surface area (Å²) in [6.07, 6.45) is -0.393. The molecule has 3 aromatic rings. The van der Waals surface area contributed by atoms with Gasteiger partial charge in [0.05, 0.1) is 18.3 Å². The van der Waals surface area contributed by atoms with Crippen LogP contribution in [0, 0.1) is 34.9 Å². The van der Waals surface area contributed by atoms with Crippen LogP contribution in [0.4, 0.5) is 26.3 Å². The van der Waals surface area contributed by atoms with Crippen LogP contribution in [0.5, 0.6) is 0 Å². The molecule has 1 aliphatic carbocycles. The van der Waals surface area contributed by atoms with Crippen molar-refractivity contribution in [3.05, 3.63) is 99.6 Å². The summed E-state index contributed by atoms with van der Waals surface area (Å²) in [6, 6.07) is 6.90. The molecule has 1 heterocycles. The molecular formula is C29H22F6O4. The van der Waals surface area contributed by atoms with E-state index in [9.17, 15) is 36.2 Å². The van der Waals surface area contributed by atoms with Gasteiger partial charge < -0.3 is 14.6 Å². The van der Waals surface area contributed by atoms with Gasteiger partial charge in [-0.05, 0) is 31.4 Å². The van der Waals surface area contributed by atoms with E-state index in [1.165, 1.54) is 25.1 Å². The maximum Gasteiger partial charge on any atom is 0.341 e. The lowest BCUT2D eigenvalue weighted by Crippen LogP contribution is -2.21. The Hall–Kier alpha value is -3.63. The molecule has 204 valence electrons. The van der Waals surface area contributed by atoms with Crippen LogP contribution in [-0.2, 0) is 9.47 Å². The first-order chi connectivity index (χ1) is 18.6. The number of carbonyl (C=O) groups is 1. The molecule has 0 aromatic heterocycles. The molecule has 10 heteroatoms. The zero-order chi connectivity index (χ0) is 28.0. The van der Waals surface area contributed by atoms with Crippen molar-refractivity contribution in [3.63, 3.8) is 0 Å². The summed E-state index contributed by atoms with van der Waals surface area (Å²) in [5.74, 6) is -9.10. The second-order valence-electron chi connectivity index (χ2n) is 9.48. The van der Waals surface area contributed by atoms with E-state index in [2.05, 4.69) is 0 Å². The van der Waals surface area contributed by atoms with Crippen molar-refractivity contribution in [2.24, 2.45) is 0 Å². The second kappa shape index (κ2) is 10.5. The van der Waals surface area contributed by atoms with Crippen molar-refractivity contribution in [3.8, 4) is 11.1 Å². The number of allylic oxidation sites excluding steroid dienone is 1. The Bertz CT molecular complexity index is 1500. The fraction of sp³-hybridized carbons (Fsp3) is 0.276. The number of esters is 1. The van der Waals surface area contributed by atoms with Crippen molar-refractivity contribution >= 4 is 11.5 Å². The van der Waals surface area contributed by atoms with Crippen LogP contribution >= 0.6 is 0 Å². The minimum atomic E-state index is -1.57. The molecule has 5 rings (SSSR count). The van der Waals surface area contributed by atoms with Gasteiger partial charge in [0.15, 0.2) is 34.9 Å². The molecule has 0 saturated carbocycles. The van der Waals surface area contributed by atoms with Crippen LogP contribution in [0.15, 0.2) is 42.5 Å². The second-order valence-corrected chi connectivity index (χ2v) is 9.48. The summed E-state index contributed by atoms with van der Waals surface area (Å²) in [5.41, 5.74) is -1.49. The van der Waals surface area contributed by atoms with Crippen LogP contribution in [0.1, 0.15) is 65.4 Å². The lowest BCUT2D eigenvalue weighted by Gasteiger charge is -2.23. The van der Waals surface area contributed by atoms with Gasteiger partial charge in [0.25, 0.3) is 0 Å². The third-order valence-electron chi connectivity index (χ3n) is 6.93. The number of carbonyl (C=O) groups excluding carboxylic acids is 1. The molecule has 4 nitrogen and oxygen atoms in total. The highest BCUT2D eigenvalue weighted by Crippen LogP contribution is 2.37. The predicted molar refractivity (Wildman–Crippen MR) is 128 cm³/mol. The Labute approximate surface area is 219 Å². The Kier molecular flexibility index (Phi) is 7.26. The first-order valence-corrected chi connectivity index (χ1v) is 12.2. The average molecular weight is 548 g/mol. The van der Waals surface area contributed by atoms with Gasteiger partial charge in [0.2, 0.25) is 0 Å². The number of epoxide rings is 1. The van der Waals surface area contributed by atoms with Crippen LogP contribution in [0.3, 0.4) is 0 Å².